The maximum absolute atomic E-state index is 11.7. The van der Waals surface area contributed by atoms with Crippen LogP contribution in [-0.2, 0) is 10.0 Å². The average molecular weight is 248 g/mol. The molecular weight excluding hydrogens is 232 g/mol. The number of rotatable bonds is 6. The van der Waals surface area contributed by atoms with Gasteiger partial charge in [0.1, 0.15) is 10.7 Å². The fourth-order valence-electron chi connectivity index (χ4n) is 1.22. The van der Waals surface area contributed by atoms with E-state index in [2.05, 4.69) is 14.9 Å². The smallest absolute Gasteiger partial charge is 0.245 e. The maximum Gasteiger partial charge on any atom is 0.245 e. The molecule has 0 aromatic carbocycles. The molecule has 0 saturated heterocycles. The quantitative estimate of drug-likeness (QED) is 0.537. The van der Waals surface area contributed by atoms with Gasteiger partial charge in [0.2, 0.25) is 10.0 Å². The summed E-state index contributed by atoms with van der Waals surface area (Å²) in [5.41, 5.74) is 5.39. The number of nitrogens with one attached hydrogen (secondary N) is 2. The highest BCUT2D eigenvalue weighted by atomic mass is 32.2. The maximum atomic E-state index is 11.7. The first-order valence-electron chi connectivity index (χ1n) is 4.94. The highest BCUT2D eigenvalue weighted by Gasteiger charge is 2.19. The van der Waals surface area contributed by atoms with Gasteiger partial charge < -0.3 is 10.8 Å². The summed E-state index contributed by atoms with van der Waals surface area (Å²) in [4.78, 5) is -0.101. The molecule has 1 atom stereocenters. The van der Waals surface area contributed by atoms with Crippen LogP contribution in [0.25, 0.3) is 0 Å². The minimum Gasteiger partial charge on any atom is -0.392 e. The van der Waals surface area contributed by atoms with Gasteiger partial charge in [-0.3, -0.25) is 5.10 Å². The Morgan fingerprint density at radius 3 is 2.88 bits per heavy atom. The Hall–Kier alpha value is -1.12. The first-order chi connectivity index (χ1) is 7.47. The lowest BCUT2D eigenvalue weighted by Crippen LogP contribution is -2.32. The average Bonchev–Trinajstić information content (AvgIpc) is 2.63. The summed E-state index contributed by atoms with van der Waals surface area (Å²) in [7, 11) is -3.69. The van der Waals surface area contributed by atoms with Gasteiger partial charge in [-0.15, -0.1) is 0 Å². The molecule has 0 aliphatic heterocycles. The number of nitrogens with two attached hydrogens (primary N) is 1. The van der Waals surface area contributed by atoms with Crippen LogP contribution in [0.2, 0.25) is 0 Å². The van der Waals surface area contributed by atoms with E-state index in [0.29, 0.717) is 6.42 Å². The number of nitrogen functional groups attached to an aromatic ring is 1. The van der Waals surface area contributed by atoms with Crippen molar-refractivity contribution >= 4 is 15.8 Å². The second-order valence-electron chi connectivity index (χ2n) is 3.44. The number of hydrogen-bond donors (Lipinski definition) is 4. The molecule has 0 saturated carbocycles. The molecule has 1 aromatic rings. The van der Waals surface area contributed by atoms with Gasteiger partial charge in [0, 0.05) is 6.54 Å². The predicted octanol–water partition coefficient (Wildman–Crippen LogP) is -0.569. The first-order valence-corrected chi connectivity index (χ1v) is 6.42. The Bertz CT molecular complexity index is 428. The molecule has 0 radical (unpaired) electrons. The third kappa shape index (κ3) is 3.19. The lowest BCUT2D eigenvalue weighted by atomic mass is 10.2. The highest BCUT2D eigenvalue weighted by Crippen LogP contribution is 2.13. The normalized spacial score (nSPS) is 13.9. The summed E-state index contributed by atoms with van der Waals surface area (Å²) in [6.45, 7) is 1.88. The number of anilines is 1. The van der Waals surface area contributed by atoms with Gasteiger partial charge in [-0.1, -0.05) is 13.3 Å². The van der Waals surface area contributed by atoms with Crippen molar-refractivity contribution in [1.82, 2.24) is 14.9 Å². The minimum absolute atomic E-state index is 0.0162. The second kappa shape index (κ2) is 5.28. The molecule has 1 unspecified atom stereocenters. The van der Waals surface area contributed by atoms with E-state index in [9.17, 15) is 13.5 Å². The van der Waals surface area contributed by atoms with E-state index in [1.54, 1.807) is 0 Å². The molecule has 0 aliphatic carbocycles. The number of sulfonamides is 1. The van der Waals surface area contributed by atoms with Crippen molar-refractivity contribution in [1.29, 1.82) is 0 Å². The van der Waals surface area contributed by atoms with Crippen molar-refractivity contribution in [3.05, 3.63) is 6.20 Å². The molecule has 92 valence electrons. The summed E-state index contributed by atoms with van der Waals surface area (Å²) in [5.74, 6) is -0.0162. The van der Waals surface area contributed by atoms with Gasteiger partial charge in [-0.25, -0.2) is 13.1 Å². The van der Waals surface area contributed by atoms with Gasteiger partial charge in [-0.05, 0) is 6.42 Å². The number of aromatic nitrogens is 2. The number of H-pyrrole nitrogens is 1. The van der Waals surface area contributed by atoms with Crippen LogP contribution in [0.1, 0.15) is 19.8 Å². The third-order valence-corrected chi connectivity index (χ3v) is 3.50. The molecule has 5 N–H and O–H groups in total. The van der Waals surface area contributed by atoms with Crippen LogP contribution in [0, 0.1) is 0 Å². The number of hydrogen-bond acceptors (Lipinski definition) is 5. The second-order valence-corrected chi connectivity index (χ2v) is 5.18. The zero-order valence-corrected chi connectivity index (χ0v) is 9.79. The Morgan fingerprint density at radius 2 is 2.38 bits per heavy atom. The van der Waals surface area contributed by atoms with Crippen molar-refractivity contribution < 1.29 is 13.5 Å². The molecule has 1 heterocycles. The van der Waals surface area contributed by atoms with Gasteiger partial charge in [0.15, 0.2) is 0 Å². The molecule has 7 nitrogen and oxygen atoms in total. The highest BCUT2D eigenvalue weighted by molar-refractivity contribution is 7.89. The molecular formula is C8H16N4O3S. The van der Waals surface area contributed by atoms with Crippen LogP contribution in [-0.4, -0.2) is 36.4 Å². The predicted molar refractivity (Wildman–Crippen MR) is 59.1 cm³/mol. The van der Waals surface area contributed by atoms with Crippen LogP contribution < -0.4 is 10.5 Å². The van der Waals surface area contributed by atoms with Crippen LogP contribution >= 0.6 is 0 Å². The van der Waals surface area contributed by atoms with Crippen LogP contribution in [0.4, 0.5) is 5.82 Å². The molecule has 0 aliphatic rings. The lowest BCUT2D eigenvalue weighted by molar-refractivity contribution is 0.167. The van der Waals surface area contributed by atoms with Gasteiger partial charge >= 0.3 is 0 Å². The molecule has 0 spiro atoms. The monoisotopic (exact) mass is 248 g/mol. The zero-order valence-electron chi connectivity index (χ0n) is 8.97. The van der Waals surface area contributed by atoms with Crippen LogP contribution in [0.15, 0.2) is 11.1 Å². The first kappa shape index (κ1) is 12.9. The fraction of sp³-hybridized carbons (Fsp3) is 0.625. The molecule has 1 aromatic heterocycles. The van der Waals surface area contributed by atoms with E-state index in [-0.39, 0.29) is 17.3 Å². The zero-order chi connectivity index (χ0) is 12.2. The number of aliphatic hydroxyl groups is 1. The summed E-state index contributed by atoms with van der Waals surface area (Å²) >= 11 is 0. The summed E-state index contributed by atoms with van der Waals surface area (Å²) in [6.07, 6.45) is 1.78. The topological polar surface area (TPSA) is 121 Å². The van der Waals surface area contributed by atoms with Crippen LogP contribution in [0.3, 0.4) is 0 Å². The van der Waals surface area contributed by atoms with Gasteiger partial charge in [-0.2, -0.15) is 5.10 Å². The van der Waals surface area contributed by atoms with Crippen molar-refractivity contribution in [3.63, 3.8) is 0 Å². The Balaban J connectivity index is 2.63. The van der Waals surface area contributed by atoms with E-state index in [4.69, 9.17) is 5.73 Å². The van der Waals surface area contributed by atoms with E-state index < -0.39 is 16.1 Å². The van der Waals surface area contributed by atoms with Crippen molar-refractivity contribution in [3.8, 4) is 0 Å². The molecule has 0 fully saturated rings. The minimum atomic E-state index is -3.69. The lowest BCUT2D eigenvalue weighted by Gasteiger charge is -2.10. The summed E-state index contributed by atoms with van der Waals surface area (Å²) in [5, 5.41) is 15.3. The van der Waals surface area contributed by atoms with E-state index >= 15 is 0 Å². The fourth-order valence-corrected chi connectivity index (χ4v) is 2.31. The number of aliphatic hydroxyl groups excluding tert-OH is 1. The van der Waals surface area contributed by atoms with Gasteiger partial charge in [0.25, 0.3) is 0 Å². The largest absolute Gasteiger partial charge is 0.392 e. The molecule has 0 amide bonds. The molecule has 0 bridgehead atoms. The Kier molecular flexibility index (Phi) is 4.27. The summed E-state index contributed by atoms with van der Waals surface area (Å²) < 4.78 is 25.6. The molecule has 8 heteroatoms. The summed E-state index contributed by atoms with van der Waals surface area (Å²) in [6, 6.07) is 0. The number of aromatic amines is 1. The SMILES string of the molecule is CCCC(O)CNS(=O)(=O)c1cn[nH]c1N. The molecule has 16 heavy (non-hydrogen) atoms. The number of nitrogens with zero attached hydrogens (tertiary/aromatic N) is 1. The van der Waals surface area contributed by atoms with Crippen molar-refractivity contribution in [2.75, 3.05) is 12.3 Å². The van der Waals surface area contributed by atoms with E-state index in [1.165, 1.54) is 0 Å². The van der Waals surface area contributed by atoms with E-state index in [0.717, 1.165) is 12.6 Å². The Morgan fingerprint density at radius 1 is 1.69 bits per heavy atom. The third-order valence-electron chi connectivity index (χ3n) is 2.05. The van der Waals surface area contributed by atoms with Crippen LogP contribution in [0.5, 0.6) is 0 Å². The van der Waals surface area contributed by atoms with Crippen molar-refractivity contribution in [2.24, 2.45) is 0 Å². The molecule has 1 rings (SSSR count). The van der Waals surface area contributed by atoms with Crippen molar-refractivity contribution in [2.45, 2.75) is 30.8 Å². The van der Waals surface area contributed by atoms with Gasteiger partial charge in [0.05, 0.1) is 12.3 Å². The standard InChI is InChI=1S/C8H16N4O3S/c1-2-3-6(13)4-11-16(14,15)7-5-10-12-8(7)9/h5-6,11,13H,2-4H2,1H3,(H3,9,10,12). The Labute approximate surface area is 94.1 Å². The van der Waals surface area contributed by atoms with E-state index in [1.807, 2.05) is 6.92 Å².